The van der Waals surface area contributed by atoms with Gasteiger partial charge in [-0.3, -0.25) is 0 Å². The molecule has 0 spiro atoms. The van der Waals surface area contributed by atoms with Gasteiger partial charge in [0, 0.05) is 8.95 Å². The van der Waals surface area contributed by atoms with Gasteiger partial charge in [-0.2, -0.15) is 5.06 Å². The van der Waals surface area contributed by atoms with Gasteiger partial charge in [0.05, 0.1) is 11.1 Å². The van der Waals surface area contributed by atoms with Gasteiger partial charge in [0.15, 0.2) is 0 Å². The molecule has 0 unspecified atom stereocenters. The van der Waals surface area contributed by atoms with E-state index in [9.17, 15) is 5.21 Å². The molecule has 1 aromatic carbocycles. The van der Waals surface area contributed by atoms with Gasteiger partial charge in [-0.15, -0.1) is 0 Å². The maximum absolute atomic E-state index is 10.3. The Bertz CT molecular complexity index is 414. The van der Waals surface area contributed by atoms with Crippen molar-refractivity contribution >= 4 is 31.9 Å². The smallest absolute Gasteiger partial charge is 0.0666 e. The topological polar surface area (TPSA) is 23.5 Å². The van der Waals surface area contributed by atoms with Crippen LogP contribution in [0.3, 0.4) is 0 Å². The highest BCUT2D eigenvalue weighted by Gasteiger charge is 2.49. The minimum atomic E-state index is -0.359. The van der Waals surface area contributed by atoms with Gasteiger partial charge in [0.25, 0.3) is 0 Å². The zero-order chi connectivity index (χ0) is 12.3. The van der Waals surface area contributed by atoms with E-state index in [1.54, 1.807) is 0 Å². The molecular weight excluding hydrogens is 334 g/mol. The summed E-state index contributed by atoms with van der Waals surface area (Å²) in [5.74, 6) is 0. The van der Waals surface area contributed by atoms with Crippen LogP contribution in [0.1, 0.15) is 38.8 Å². The zero-order valence-corrected chi connectivity index (χ0v) is 13.0. The average Bonchev–Trinajstić information content (AvgIpc) is 2.29. The van der Waals surface area contributed by atoms with E-state index in [1.165, 1.54) is 5.06 Å². The second-order valence-corrected chi connectivity index (χ2v) is 6.95. The Kier molecular flexibility index (Phi) is 2.78. The highest BCUT2D eigenvalue weighted by molar-refractivity contribution is 9.13. The standard InChI is InChI=1S/C12H15Br2NO/c1-11(2)7-5-9(13)10(14)6-8(7)12(3,4)15(11)16/h5-6,16H,1-4H3. The molecule has 4 heteroatoms. The zero-order valence-electron chi connectivity index (χ0n) is 9.81. The van der Waals surface area contributed by atoms with Crippen LogP contribution >= 0.6 is 31.9 Å². The van der Waals surface area contributed by atoms with Crippen molar-refractivity contribution in [3.63, 3.8) is 0 Å². The molecule has 2 rings (SSSR count). The highest BCUT2D eigenvalue weighted by Crippen LogP contribution is 2.49. The van der Waals surface area contributed by atoms with Crippen molar-refractivity contribution in [3.8, 4) is 0 Å². The molecule has 0 atom stereocenters. The van der Waals surface area contributed by atoms with Crippen LogP contribution in [0.5, 0.6) is 0 Å². The van der Waals surface area contributed by atoms with Crippen molar-refractivity contribution in [1.29, 1.82) is 0 Å². The quantitative estimate of drug-likeness (QED) is 0.751. The number of hydrogen-bond acceptors (Lipinski definition) is 2. The predicted octanol–water partition coefficient (Wildman–Crippen LogP) is 4.39. The van der Waals surface area contributed by atoms with E-state index in [-0.39, 0.29) is 11.1 Å². The SMILES string of the molecule is CC1(C)c2cc(Br)c(Br)cc2C(C)(C)N1O. The fourth-order valence-corrected chi connectivity index (χ4v) is 3.17. The number of fused-ring (bicyclic) bond motifs is 1. The van der Waals surface area contributed by atoms with Crippen LogP contribution in [0, 0.1) is 0 Å². The lowest BCUT2D eigenvalue weighted by Gasteiger charge is -2.34. The Morgan fingerprint density at radius 2 is 1.25 bits per heavy atom. The summed E-state index contributed by atoms with van der Waals surface area (Å²) in [4.78, 5) is 0. The molecule has 1 N–H and O–H groups in total. The average molecular weight is 349 g/mol. The lowest BCUT2D eigenvalue weighted by atomic mass is 9.91. The molecule has 88 valence electrons. The van der Waals surface area contributed by atoms with Gasteiger partial charge < -0.3 is 5.21 Å². The first kappa shape index (κ1) is 12.6. The fraction of sp³-hybridized carbons (Fsp3) is 0.500. The van der Waals surface area contributed by atoms with E-state index in [2.05, 4.69) is 44.0 Å². The van der Waals surface area contributed by atoms with Crippen molar-refractivity contribution in [2.45, 2.75) is 38.8 Å². The lowest BCUT2D eigenvalue weighted by molar-refractivity contribution is -0.216. The second-order valence-electron chi connectivity index (χ2n) is 5.24. The molecule has 0 saturated carbocycles. The molecule has 0 amide bonds. The molecular formula is C12H15Br2NO. The molecule has 0 fully saturated rings. The first-order valence-electron chi connectivity index (χ1n) is 5.18. The summed E-state index contributed by atoms with van der Waals surface area (Å²) in [5.41, 5.74) is 1.61. The largest absolute Gasteiger partial charge is 0.312 e. The molecule has 1 aliphatic rings. The van der Waals surface area contributed by atoms with E-state index in [4.69, 9.17) is 0 Å². The van der Waals surface area contributed by atoms with E-state index >= 15 is 0 Å². The second kappa shape index (κ2) is 3.55. The van der Waals surface area contributed by atoms with Gasteiger partial charge in [0.2, 0.25) is 0 Å². The highest BCUT2D eigenvalue weighted by atomic mass is 79.9. The van der Waals surface area contributed by atoms with Crippen molar-refractivity contribution in [3.05, 3.63) is 32.2 Å². The Hall–Kier alpha value is 0.1000. The molecule has 1 heterocycles. The Balaban J connectivity index is 2.75. The first-order valence-corrected chi connectivity index (χ1v) is 6.77. The minimum absolute atomic E-state index is 0.359. The lowest BCUT2D eigenvalue weighted by Crippen LogP contribution is -2.42. The number of nitrogens with zero attached hydrogens (tertiary/aromatic N) is 1. The van der Waals surface area contributed by atoms with Crippen LogP contribution in [-0.2, 0) is 11.1 Å². The maximum Gasteiger partial charge on any atom is 0.0666 e. The summed E-state index contributed by atoms with van der Waals surface area (Å²) < 4.78 is 2.04. The molecule has 0 aliphatic carbocycles. The predicted molar refractivity (Wildman–Crippen MR) is 71.5 cm³/mol. The van der Waals surface area contributed by atoms with E-state index in [0.717, 1.165) is 20.1 Å². The summed E-state index contributed by atoms with van der Waals surface area (Å²) in [7, 11) is 0. The molecule has 0 aromatic heterocycles. The van der Waals surface area contributed by atoms with Crippen LogP contribution < -0.4 is 0 Å². The Labute approximate surface area is 113 Å². The molecule has 0 saturated heterocycles. The van der Waals surface area contributed by atoms with Crippen LogP contribution in [0.25, 0.3) is 0 Å². The van der Waals surface area contributed by atoms with Crippen molar-refractivity contribution < 1.29 is 5.21 Å². The molecule has 0 radical (unpaired) electrons. The third-order valence-corrected chi connectivity index (χ3v) is 5.28. The van der Waals surface area contributed by atoms with Crippen LogP contribution in [-0.4, -0.2) is 10.3 Å². The minimum Gasteiger partial charge on any atom is -0.312 e. The van der Waals surface area contributed by atoms with Gasteiger partial charge >= 0.3 is 0 Å². The van der Waals surface area contributed by atoms with Crippen molar-refractivity contribution in [1.82, 2.24) is 5.06 Å². The van der Waals surface area contributed by atoms with Crippen molar-refractivity contribution in [2.75, 3.05) is 0 Å². The number of hydroxylamine groups is 2. The third kappa shape index (κ3) is 1.50. The maximum atomic E-state index is 10.3. The third-order valence-electron chi connectivity index (χ3n) is 3.44. The van der Waals surface area contributed by atoms with Crippen molar-refractivity contribution in [2.24, 2.45) is 0 Å². The number of hydrogen-bond donors (Lipinski definition) is 1. The molecule has 2 nitrogen and oxygen atoms in total. The molecule has 1 aliphatic heterocycles. The number of rotatable bonds is 0. The van der Waals surface area contributed by atoms with Crippen LogP contribution in [0.15, 0.2) is 21.1 Å². The van der Waals surface area contributed by atoms with Gasteiger partial charge in [-0.1, -0.05) is 0 Å². The summed E-state index contributed by atoms with van der Waals surface area (Å²) in [6.45, 7) is 8.11. The first-order chi connectivity index (χ1) is 7.19. The van der Waals surface area contributed by atoms with E-state index in [0.29, 0.717) is 0 Å². The van der Waals surface area contributed by atoms with E-state index in [1.807, 2.05) is 27.7 Å². The van der Waals surface area contributed by atoms with Gasteiger partial charge in [-0.25, -0.2) is 0 Å². The van der Waals surface area contributed by atoms with Gasteiger partial charge in [-0.05, 0) is 82.8 Å². The van der Waals surface area contributed by atoms with Crippen LogP contribution in [0.4, 0.5) is 0 Å². The summed E-state index contributed by atoms with van der Waals surface area (Å²) >= 11 is 7.02. The normalized spacial score (nSPS) is 22.2. The Morgan fingerprint density at radius 3 is 1.56 bits per heavy atom. The summed E-state index contributed by atoms with van der Waals surface area (Å²) in [6.07, 6.45) is 0. The molecule has 1 aromatic rings. The summed E-state index contributed by atoms with van der Waals surface area (Å²) in [5, 5.41) is 11.7. The van der Waals surface area contributed by atoms with Gasteiger partial charge in [0.1, 0.15) is 0 Å². The monoisotopic (exact) mass is 347 g/mol. The summed E-state index contributed by atoms with van der Waals surface area (Å²) in [6, 6.07) is 4.16. The van der Waals surface area contributed by atoms with E-state index < -0.39 is 0 Å². The molecule has 0 bridgehead atoms. The van der Waals surface area contributed by atoms with Crippen LogP contribution in [0.2, 0.25) is 0 Å². The number of benzene rings is 1. The Morgan fingerprint density at radius 1 is 0.938 bits per heavy atom. The number of halogens is 2. The molecule has 16 heavy (non-hydrogen) atoms. The fourth-order valence-electron chi connectivity index (χ4n) is 2.49.